The van der Waals surface area contributed by atoms with Crippen LogP contribution in [0.3, 0.4) is 0 Å². The fraction of sp³-hybridized carbons (Fsp3) is 0.286. The lowest BCUT2D eigenvalue weighted by Crippen LogP contribution is -2.48. The number of carbonyl (C=O) groups excluding carboxylic acids is 1. The second-order valence-corrected chi connectivity index (χ2v) is 7.94. The monoisotopic (exact) mass is 389 g/mol. The first-order chi connectivity index (χ1) is 12.9. The maximum atomic E-state index is 14.4. The minimum atomic E-state index is -1.26. The van der Waals surface area contributed by atoms with Crippen molar-refractivity contribution >= 4 is 16.9 Å². The van der Waals surface area contributed by atoms with Crippen LogP contribution in [0, 0.1) is 5.82 Å². The predicted octanol–water partition coefficient (Wildman–Crippen LogP) is 4.29. The average Bonchev–Trinajstić information content (AvgIpc) is 2.65. The maximum Gasteiger partial charge on any atom is 0.408 e. The van der Waals surface area contributed by atoms with Gasteiger partial charge < -0.3 is 10.1 Å². The highest BCUT2D eigenvalue weighted by molar-refractivity contribution is 7.85. The summed E-state index contributed by atoms with van der Waals surface area (Å²) >= 11 is 0. The molecule has 0 spiro atoms. The minimum absolute atomic E-state index is 0.0716. The zero-order valence-corrected chi connectivity index (χ0v) is 16.1. The molecule has 0 aliphatic heterocycles. The lowest BCUT2D eigenvalue weighted by molar-refractivity contribution is 0.129. The summed E-state index contributed by atoms with van der Waals surface area (Å²) < 4.78 is 32.1. The number of nitrogens with one attached hydrogen (secondary N) is 1. The van der Waals surface area contributed by atoms with Gasteiger partial charge >= 0.3 is 6.09 Å². The molecule has 0 aromatic heterocycles. The molecule has 1 amide bonds. The van der Waals surface area contributed by atoms with Crippen LogP contribution < -0.4 is 5.32 Å². The van der Waals surface area contributed by atoms with Crippen LogP contribution >= 0.6 is 0 Å². The highest BCUT2D eigenvalue weighted by Gasteiger charge is 2.33. The van der Waals surface area contributed by atoms with E-state index in [1.807, 2.05) is 30.3 Å². The van der Waals surface area contributed by atoms with Crippen molar-refractivity contribution in [3.05, 3.63) is 84.2 Å². The average molecular weight is 389 g/mol. The SMILES string of the molecule is C=CCCS(=O)CC(C)(NC(=O)OCc1ccccc1)c1ccccc1F. The fourth-order valence-corrected chi connectivity index (χ4v) is 4.13. The number of rotatable bonds is 9. The quantitative estimate of drug-likeness (QED) is 0.651. The van der Waals surface area contributed by atoms with Gasteiger partial charge in [-0.2, -0.15) is 0 Å². The maximum absolute atomic E-state index is 14.4. The van der Waals surface area contributed by atoms with Crippen LogP contribution in [-0.2, 0) is 27.7 Å². The molecule has 0 aliphatic carbocycles. The summed E-state index contributed by atoms with van der Waals surface area (Å²) in [6.07, 6.45) is 1.57. The van der Waals surface area contributed by atoms with E-state index >= 15 is 0 Å². The molecule has 0 aliphatic rings. The molecule has 0 heterocycles. The third-order valence-corrected chi connectivity index (χ3v) is 5.65. The van der Waals surface area contributed by atoms with Gasteiger partial charge in [0.2, 0.25) is 0 Å². The Morgan fingerprint density at radius 1 is 1.22 bits per heavy atom. The minimum Gasteiger partial charge on any atom is -0.445 e. The van der Waals surface area contributed by atoms with Crippen molar-refractivity contribution in [3.8, 4) is 0 Å². The fourth-order valence-electron chi connectivity index (χ4n) is 2.68. The van der Waals surface area contributed by atoms with Crippen molar-refractivity contribution in [3.63, 3.8) is 0 Å². The predicted molar refractivity (Wildman–Crippen MR) is 106 cm³/mol. The number of halogens is 1. The Labute approximate surface area is 161 Å². The van der Waals surface area contributed by atoms with Crippen LogP contribution in [0.25, 0.3) is 0 Å². The molecule has 0 saturated heterocycles. The van der Waals surface area contributed by atoms with Crippen LogP contribution in [0.1, 0.15) is 24.5 Å². The first-order valence-electron chi connectivity index (χ1n) is 8.64. The van der Waals surface area contributed by atoms with Crippen LogP contribution in [0.2, 0.25) is 0 Å². The van der Waals surface area contributed by atoms with Gasteiger partial charge in [0.05, 0.1) is 11.3 Å². The Morgan fingerprint density at radius 3 is 2.56 bits per heavy atom. The molecule has 2 aromatic rings. The third-order valence-electron chi connectivity index (χ3n) is 4.06. The number of carbonyl (C=O) groups is 1. The van der Waals surface area contributed by atoms with E-state index in [1.54, 1.807) is 31.2 Å². The summed E-state index contributed by atoms with van der Waals surface area (Å²) in [5, 5.41) is 2.71. The molecule has 27 heavy (non-hydrogen) atoms. The van der Waals surface area contributed by atoms with E-state index < -0.39 is 28.2 Å². The number of amides is 1. The highest BCUT2D eigenvalue weighted by atomic mass is 32.2. The topological polar surface area (TPSA) is 55.4 Å². The number of ether oxygens (including phenoxy) is 1. The van der Waals surface area contributed by atoms with E-state index in [-0.39, 0.29) is 17.9 Å². The summed E-state index contributed by atoms with van der Waals surface area (Å²) in [6.45, 7) is 5.37. The molecule has 2 aromatic carbocycles. The largest absolute Gasteiger partial charge is 0.445 e. The molecule has 4 nitrogen and oxygen atoms in total. The molecule has 6 heteroatoms. The standard InChI is InChI=1S/C21H24FNO3S/c1-3-4-14-27(25)16-21(2,18-12-8-9-13-19(18)22)23-20(24)26-15-17-10-6-5-7-11-17/h3,5-13H,1,4,14-16H2,2H3,(H,23,24). The number of allylic oxidation sites excluding steroid dienone is 1. The number of alkyl carbamates (subject to hydrolysis) is 1. The molecule has 0 fully saturated rings. The van der Waals surface area contributed by atoms with E-state index in [2.05, 4.69) is 11.9 Å². The summed E-state index contributed by atoms with van der Waals surface area (Å²) in [7, 11) is -1.26. The lowest BCUT2D eigenvalue weighted by atomic mass is 9.93. The number of benzene rings is 2. The molecule has 1 N–H and O–H groups in total. The lowest BCUT2D eigenvalue weighted by Gasteiger charge is -2.31. The second-order valence-electron chi connectivity index (χ2n) is 6.36. The number of hydrogen-bond acceptors (Lipinski definition) is 3. The first-order valence-corrected chi connectivity index (χ1v) is 10.1. The molecule has 2 atom stereocenters. The summed E-state index contributed by atoms with van der Waals surface area (Å²) in [5.41, 5.74) is -0.0473. The Kier molecular flexibility index (Phi) is 7.73. The van der Waals surface area contributed by atoms with Crippen molar-refractivity contribution in [2.75, 3.05) is 11.5 Å². The zero-order valence-electron chi connectivity index (χ0n) is 15.3. The normalized spacial score (nSPS) is 14.0. The molecule has 0 saturated carbocycles. The van der Waals surface area contributed by atoms with Gasteiger partial charge in [-0.15, -0.1) is 6.58 Å². The second kappa shape index (κ2) is 10.0. The van der Waals surface area contributed by atoms with E-state index in [1.165, 1.54) is 6.07 Å². The van der Waals surface area contributed by atoms with Crippen LogP contribution in [0.5, 0.6) is 0 Å². The van der Waals surface area contributed by atoms with Crippen LogP contribution in [0.15, 0.2) is 67.3 Å². The van der Waals surface area contributed by atoms with Gasteiger partial charge in [0.25, 0.3) is 0 Å². The summed E-state index contributed by atoms with van der Waals surface area (Å²) in [4.78, 5) is 12.3. The van der Waals surface area contributed by atoms with Crippen molar-refractivity contribution in [1.29, 1.82) is 0 Å². The molecule has 0 radical (unpaired) electrons. The first kappa shape index (κ1) is 20.8. The van der Waals surface area contributed by atoms with Crippen LogP contribution in [-0.4, -0.2) is 21.8 Å². The van der Waals surface area contributed by atoms with Crippen molar-refractivity contribution in [2.24, 2.45) is 0 Å². The Balaban J connectivity index is 2.13. The Bertz CT molecular complexity index is 797. The molecule has 144 valence electrons. The van der Waals surface area contributed by atoms with Gasteiger partial charge in [-0.3, -0.25) is 4.21 Å². The molecular formula is C21H24FNO3S. The van der Waals surface area contributed by atoms with Gasteiger partial charge in [-0.05, 0) is 25.0 Å². The highest BCUT2D eigenvalue weighted by Crippen LogP contribution is 2.25. The van der Waals surface area contributed by atoms with Gasteiger partial charge in [0.15, 0.2) is 0 Å². The van der Waals surface area contributed by atoms with Crippen molar-refractivity contribution in [2.45, 2.75) is 25.5 Å². The third kappa shape index (κ3) is 6.32. The summed E-state index contributed by atoms with van der Waals surface area (Å²) in [6, 6.07) is 15.4. The smallest absolute Gasteiger partial charge is 0.408 e. The number of hydrogen-bond donors (Lipinski definition) is 1. The zero-order chi connectivity index (χ0) is 19.7. The molecular weight excluding hydrogens is 365 g/mol. The molecule has 2 rings (SSSR count). The van der Waals surface area contributed by atoms with E-state index in [4.69, 9.17) is 4.74 Å². The van der Waals surface area contributed by atoms with E-state index in [0.29, 0.717) is 12.2 Å². The van der Waals surface area contributed by atoms with Gasteiger partial charge in [-0.1, -0.05) is 54.6 Å². The van der Waals surface area contributed by atoms with Crippen LogP contribution in [0.4, 0.5) is 9.18 Å². The molecule has 2 unspecified atom stereocenters. The Hall–Kier alpha value is -2.47. The summed E-state index contributed by atoms with van der Waals surface area (Å²) in [5.74, 6) is 0.000302. The van der Waals surface area contributed by atoms with Crippen molar-refractivity contribution in [1.82, 2.24) is 5.32 Å². The van der Waals surface area contributed by atoms with Gasteiger partial charge in [-0.25, -0.2) is 9.18 Å². The van der Waals surface area contributed by atoms with Gasteiger partial charge in [0.1, 0.15) is 12.4 Å². The van der Waals surface area contributed by atoms with Gasteiger partial charge in [0, 0.05) is 22.1 Å². The van der Waals surface area contributed by atoms with Crippen molar-refractivity contribution < 1.29 is 18.1 Å². The van der Waals surface area contributed by atoms with E-state index in [9.17, 15) is 13.4 Å². The van der Waals surface area contributed by atoms with E-state index in [0.717, 1.165) is 5.56 Å². The Morgan fingerprint density at radius 2 is 1.89 bits per heavy atom. The molecule has 0 bridgehead atoms.